The molecule has 1 atom stereocenters. The van der Waals surface area contributed by atoms with Gasteiger partial charge in [-0.2, -0.15) is 0 Å². The predicted octanol–water partition coefficient (Wildman–Crippen LogP) is 3.09. The third-order valence-electron chi connectivity index (χ3n) is 3.73. The Morgan fingerprint density at radius 1 is 1.14 bits per heavy atom. The van der Waals surface area contributed by atoms with E-state index >= 15 is 0 Å². The largest absolute Gasteiger partial charge is 0.465 e. The van der Waals surface area contributed by atoms with Gasteiger partial charge in [0.2, 0.25) is 5.88 Å². The van der Waals surface area contributed by atoms with Crippen LogP contribution >= 0.6 is 0 Å². The molecule has 8 heteroatoms. The number of carbonyl (C=O) groups excluding carboxylic acids is 2. The lowest BCUT2D eigenvalue weighted by Gasteiger charge is -2.22. The highest BCUT2D eigenvalue weighted by molar-refractivity contribution is 5.88. The highest BCUT2D eigenvalue weighted by Crippen LogP contribution is 2.20. The average Bonchev–Trinajstić information content (AvgIpc) is 2.67. The quantitative estimate of drug-likeness (QED) is 0.685. The number of amides is 1. The fourth-order valence-corrected chi connectivity index (χ4v) is 2.41. The molecule has 1 aromatic carbocycles. The van der Waals surface area contributed by atoms with E-state index in [-0.39, 0.29) is 6.61 Å². The summed E-state index contributed by atoms with van der Waals surface area (Å²) >= 11 is 0. The molecule has 0 aliphatic rings. The standard InChI is InChI=1S/C21H26N2O6/c1-21(2,3)29-20(26)23-16(13-24)11-14-5-8-17(9-6-14)28-18-10-7-15(12-22-18)19(25)27-4/h5-10,12,16,24H,11,13H2,1-4H3,(H,23,26)/t16-/m0/s1. The van der Waals surface area contributed by atoms with E-state index in [1.807, 2.05) is 12.1 Å². The smallest absolute Gasteiger partial charge is 0.407 e. The number of aromatic nitrogens is 1. The highest BCUT2D eigenvalue weighted by atomic mass is 16.6. The van der Waals surface area contributed by atoms with Crippen LogP contribution in [-0.4, -0.2) is 47.5 Å². The second-order valence-corrected chi connectivity index (χ2v) is 7.35. The summed E-state index contributed by atoms with van der Waals surface area (Å²) in [6.45, 7) is 5.11. The number of ether oxygens (including phenoxy) is 3. The molecular weight excluding hydrogens is 376 g/mol. The first kappa shape index (κ1) is 22.2. The predicted molar refractivity (Wildman–Crippen MR) is 106 cm³/mol. The number of methoxy groups -OCH3 is 1. The van der Waals surface area contributed by atoms with Crippen LogP contribution in [0, 0.1) is 0 Å². The minimum atomic E-state index is -0.605. The van der Waals surface area contributed by atoms with Gasteiger partial charge in [-0.1, -0.05) is 12.1 Å². The molecule has 0 saturated carbocycles. The Morgan fingerprint density at radius 2 is 1.83 bits per heavy atom. The Labute approximate surface area is 169 Å². The maximum Gasteiger partial charge on any atom is 0.407 e. The molecule has 0 aliphatic heterocycles. The van der Waals surface area contributed by atoms with Gasteiger partial charge in [0.05, 0.1) is 25.3 Å². The summed E-state index contributed by atoms with van der Waals surface area (Å²) in [6, 6.07) is 9.85. The molecule has 0 radical (unpaired) electrons. The van der Waals surface area contributed by atoms with Crippen molar-refractivity contribution in [2.24, 2.45) is 0 Å². The Kier molecular flexibility index (Phi) is 7.55. The normalized spacial score (nSPS) is 12.0. The number of pyridine rings is 1. The van der Waals surface area contributed by atoms with Gasteiger partial charge in [0, 0.05) is 12.3 Å². The topological polar surface area (TPSA) is 107 Å². The van der Waals surface area contributed by atoms with Crippen molar-refractivity contribution in [1.29, 1.82) is 0 Å². The maximum atomic E-state index is 11.9. The number of hydrogen-bond donors (Lipinski definition) is 2. The zero-order chi connectivity index (χ0) is 21.4. The molecule has 0 fully saturated rings. The minimum Gasteiger partial charge on any atom is -0.465 e. The first-order chi connectivity index (χ1) is 13.7. The van der Waals surface area contributed by atoms with Crippen LogP contribution in [0.3, 0.4) is 0 Å². The lowest BCUT2D eigenvalue weighted by atomic mass is 10.1. The zero-order valence-corrected chi connectivity index (χ0v) is 17.0. The summed E-state index contributed by atoms with van der Waals surface area (Å²) in [5.41, 5.74) is 0.635. The molecule has 0 spiro atoms. The van der Waals surface area contributed by atoms with Crippen LogP contribution in [0.25, 0.3) is 0 Å². The third kappa shape index (κ3) is 7.42. The fourth-order valence-electron chi connectivity index (χ4n) is 2.41. The van der Waals surface area contributed by atoms with Gasteiger partial charge >= 0.3 is 12.1 Å². The van der Waals surface area contributed by atoms with Crippen LogP contribution in [0.4, 0.5) is 4.79 Å². The van der Waals surface area contributed by atoms with Crippen molar-refractivity contribution in [3.05, 3.63) is 53.7 Å². The van der Waals surface area contributed by atoms with E-state index in [0.717, 1.165) is 5.56 Å². The van der Waals surface area contributed by atoms with E-state index in [9.17, 15) is 14.7 Å². The van der Waals surface area contributed by atoms with Gasteiger partial charge in [0.25, 0.3) is 0 Å². The second kappa shape index (κ2) is 9.88. The first-order valence-electron chi connectivity index (χ1n) is 9.11. The number of hydrogen-bond acceptors (Lipinski definition) is 7. The summed E-state index contributed by atoms with van der Waals surface area (Å²) in [6.07, 6.45) is 1.24. The van der Waals surface area contributed by atoms with Gasteiger partial charge in [0.15, 0.2) is 0 Å². The van der Waals surface area contributed by atoms with Gasteiger partial charge in [0.1, 0.15) is 11.4 Å². The summed E-state index contributed by atoms with van der Waals surface area (Å²) in [7, 11) is 1.30. The number of nitrogens with zero attached hydrogens (tertiary/aromatic N) is 1. The van der Waals surface area contributed by atoms with E-state index in [4.69, 9.17) is 9.47 Å². The number of aliphatic hydroxyl groups excluding tert-OH is 1. The number of benzene rings is 1. The molecule has 2 aromatic rings. The number of nitrogens with one attached hydrogen (secondary N) is 1. The number of alkyl carbamates (subject to hydrolysis) is 1. The average molecular weight is 402 g/mol. The van der Waals surface area contributed by atoms with Gasteiger partial charge < -0.3 is 24.6 Å². The lowest BCUT2D eigenvalue weighted by molar-refractivity contribution is 0.0482. The highest BCUT2D eigenvalue weighted by Gasteiger charge is 2.19. The maximum absolute atomic E-state index is 11.9. The zero-order valence-electron chi connectivity index (χ0n) is 17.0. The molecule has 8 nitrogen and oxygen atoms in total. The van der Waals surface area contributed by atoms with E-state index in [1.165, 1.54) is 13.3 Å². The van der Waals surface area contributed by atoms with Crippen LogP contribution in [0.1, 0.15) is 36.7 Å². The van der Waals surface area contributed by atoms with Crippen LogP contribution in [-0.2, 0) is 15.9 Å². The van der Waals surface area contributed by atoms with Crippen molar-refractivity contribution in [3.63, 3.8) is 0 Å². The van der Waals surface area contributed by atoms with Crippen molar-refractivity contribution in [1.82, 2.24) is 10.3 Å². The molecule has 1 aromatic heterocycles. The molecule has 29 heavy (non-hydrogen) atoms. The van der Waals surface area contributed by atoms with E-state index in [1.54, 1.807) is 45.0 Å². The van der Waals surface area contributed by atoms with Crippen molar-refractivity contribution in [3.8, 4) is 11.6 Å². The van der Waals surface area contributed by atoms with Crippen LogP contribution in [0.5, 0.6) is 11.6 Å². The Balaban J connectivity index is 1.93. The molecule has 1 amide bonds. The first-order valence-corrected chi connectivity index (χ1v) is 9.11. The molecule has 156 valence electrons. The number of esters is 1. The SMILES string of the molecule is COC(=O)c1ccc(Oc2ccc(C[C@@H](CO)NC(=O)OC(C)(C)C)cc2)nc1. The summed E-state index contributed by atoms with van der Waals surface area (Å²) in [5.74, 6) is 0.435. The molecular formula is C21H26N2O6. The summed E-state index contributed by atoms with van der Waals surface area (Å²) < 4.78 is 15.5. The molecule has 0 bridgehead atoms. The fraction of sp³-hybridized carbons (Fsp3) is 0.381. The number of rotatable bonds is 7. The minimum absolute atomic E-state index is 0.214. The second-order valence-electron chi connectivity index (χ2n) is 7.35. The monoisotopic (exact) mass is 402 g/mol. The van der Waals surface area contributed by atoms with E-state index < -0.39 is 23.7 Å². The Bertz CT molecular complexity index is 813. The van der Waals surface area contributed by atoms with Gasteiger partial charge in [-0.05, 0) is 51.0 Å². The Morgan fingerprint density at radius 3 is 2.34 bits per heavy atom. The Hall–Kier alpha value is -3.13. The molecule has 2 N–H and O–H groups in total. The molecule has 2 rings (SSSR count). The molecule has 1 heterocycles. The molecule has 0 saturated heterocycles. The van der Waals surface area contributed by atoms with Crippen LogP contribution < -0.4 is 10.1 Å². The van der Waals surface area contributed by atoms with E-state index in [2.05, 4.69) is 15.0 Å². The van der Waals surface area contributed by atoms with Gasteiger partial charge in [-0.3, -0.25) is 0 Å². The summed E-state index contributed by atoms with van der Waals surface area (Å²) in [4.78, 5) is 27.3. The molecule has 0 aliphatic carbocycles. The number of carbonyl (C=O) groups is 2. The van der Waals surface area contributed by atoms with Crippen LogP contribution in [0.15, 0.2) is 42.6 Å². The van der Waals surface area contributed by atoms with Crippen molar-refractivity contribution in [2.75, 3.05) is 13.7 Å². The van der Waals surface area contributed by atoms with Crippen molar-refractivity contribution < 1.29 is 28.9 Å². The van der Waals surface area contributed by atoms with Gasteiger partial charge in [-0.15, -0.1) is 0 Å². The van der Waals surface area contributed by atoms with Gasteiger partial charge in [-0.25, -0.2) is 14.6 Å². The molecule has 0 unspecified atom stereocenters. The van der Waals surface area contributed by atoms with Crippen molar-refractivity contribution >= 4 is 12.1 Å². The number of aliphatic hydroxyl groups is 1. The van der Waals surface area contributed by atoms with Crippen molar-refractivity contribution in [2.45, 2.75) is 38.8 Å². The third-order valence-corrected chi connectivity index (χ3v) is 3.73. The lowest BCUT2D eigenvalue weighted by Crippen LogP contribution is -2.42. The van der Waals surface area contributed by atoms with E-state index in [0.29, 0.717) is 23.6 Å². The summed E-state index contributed by atoms with van der Waals surface area (Å²) in [5, 5.41) is 12.2. The van der Waals surface area contributed by atoms with Crippen LogP contribution in [0.2, 0.25) is 0 Å².